The standard InChI is InChI=1S/C18H15F3N2O4/c19-18(20,21)14-6-2-1-4-12(14)8-23(9-13-5-3-7-26-13)10-16-22-15(11-27-16)17(24)25/h1-7,11H,8-10H2,(H,24,25). The molecule has 0 unspecified atom stereocenters. The first-order chi connectivity index (χ1) is 12.8. The normalized spacial score (nSPS) is 11.9. The lowest BCUT2D eigenvalue weighted by molar-refractivity contribution is -0.138. The van der Waals surface area contributed by atoms with Crippen LogP contribution < -0.4 is 0 Å². The molecule has 2 heterocycles. The Balaban J connectivity index is 1.85. The van der Waals surface area contributed by atoms with Crippen molar-refractivity contribution in [2.24, 2.45) is 0 Å². The Morgan fingerprint density at radius 3 is 2.48 bits per heavy atom. The summed E-state index contributed by atoms with van der Waals surface area (Å²) in [5.41, 5.74) is -0.909. The van der Waals surface area contributed by atoms with E-state index in [2.05, 4.69) is 4.98 Å². The second-order valence-electron chi connectivity index (χ2n) is 5.81. The molecule has 0 fully saturated rings. The van der Waals surface area contributed by atoms with E-state index in [1.807, 2.05) is 0 Å². The maximum Gasteiger partial charge on any atom is 0.416 e. The van der Waals surface area contributed by atoms with Crippen molar-refractivity contribution >= 4 is 5.97 Å². The predicted molar refractivity (Wildman–Crippen MR) is 86.6 cm³/mol. The number of oxazole rings is 1. The highest BCUT2D eigenvalue weighted by atomic mass is 19.4. The van der Waals surface area contributed by atoms with Crippen molar-refractivity contribution in [3.05, 3.63) is 77.4 Å². The fourth-order valence-corrected chi connectivity index (χ4v) is 2.64. The molecule has 0 aliphatic heterocycles. The van der Waals surface area contributed by atoms with E-state index in [4.69, 9.17) is 13.9 Å². The zero-order valence-corrected chi connectivity index (χ0v) is 13.9. The fraction of sp³-hybridized carbons (Fsp3) is 0.222. The Kier molecular flexibility index (Phi) is 5.31. The van der Waals surface area contributed by atoms with Crippen LogP contribution in [0.15, 0.2) is 57.8 Å². The Morgan fingerprint density at radius 1 is 1.07 bits per heavy atom. The van der Waals surface area contributed by atoms with E-state index in [1.54, 1.807) is 17.0 Å². The lowest BCUT2D eigenvalue weighted by atomic mass is 10.1. The number of aromatic nitrogens is 1. The number of hydrogen-bond acceptors (Lipinski definition) is 5. The molecular formula is C18H15F3N2O4. The molecule has 1 aromatic carbocycles. The van der Waals surface area contributed by atoms with Gasteiger partial charge in [-0.1, -0.05) is 18.2 Å². The first-order valence-electron chi connectivity index (χ1n) is 7.90. The molecule has 2 aromatic heterocycles. The SMILES string of the molecule is O=C(O)c1coc(CN(Cc2ccco2)Cc2ccccc2C(F)(F)F)n1. The number of alkyl halides is 3. The van der Waals surface area contributed by atoms with Crippen LogP contribution in [-0.2, 0) is 25.8 Å². The Bertz CT molecular complexity index is 903. The average Bonchev–Trinajstić information content (AvgIpc) is 3.26. The average molecular weight is 380 g/mol. The summed E-state index contributed by atoms with van der Waals surface area (Å²) in [7, 11) is 0. The van der Waals surface area contributed by atoms with E-state index in [9.17, 15) is 18.0 Å². The van der Waals surface area contributed by atoms with Crippen molar-refractivity contribution in [3.8, 4) is 0 Å². The van der Waals surface area contributed by atoms with Gasteiger partial charge >= 0.3 is 12.1 Å². The second-order valence-corrected chi connectivity index (χ2v) is 5.81. The van der Waals surface area contributed by atoms with Gasteiger partial charge in [0.15, 0.2) is 5.69 Å². The first kappa shape index (κ1) is 18.7. The van der Waals surface area contributed by atoms with Gasteiger partial charge in [0.25, 0.3) is 0 Å². The highest BCUT2D eigenvalue weighted by molar-refractivity contribution is 5.84. The van der Waals surface area contributed by atoms with Crippen molar-refractivity contribution in [3.63, 3.8) is 0 Å². The van der Waals surface area contributed by atoms with Gasteiger partial charge in [-0.2, -0.15) is 13.2 Å². The third-order valence-corrected chi connectivity index (χ3v) is 3.81. The van der Waals surface area contributed by atoms with Crippen LogP contribution in [0.3, 0.4) is 0 Å². The molecule has 0 aliphatic rings. The molecule has 0 radical (unpaired) electrons. The third-order valence-electron chi connectivity index (χ3n) is 3.81. The summed E-state index contributed by atoms with van der Waals surface area (Å²) in [4.78, 5) is 16.4. The predicted octanol–water partition coefficient (Wildman–Crippen LogP) is 4.19. The Hall–Kier alpha value is -3.07. The van der Waals surface area contributed by atoms with E-state index >= 15 is 0 Å². The smallest absolute Gasteiger partial charge is 0.416 e. The number of benzene rings is 1. The molecule has 27 heavy (non-hydrogen) atoms. The zero-order valence-electron chi connectivity index (χ0n) is 13.9. The minimum atomic E-state index is -4.48. The van der Waals surface area contributed by atoms with Crippen molar-refractivity contribution in [1.82, 2.24) is 9.88 Å². The quantitative estimate of drug-likeness (QED) is 0.662. The molecule has 1 N–H and O–H groups in total. The number of halogens is 3. The maximum atomic E-state index is 13.3. The maximum absolute atomic E-state index is 13.3. The van der Waals surface area contributed by atoms with Gasteiger partial charge < -0.3 is 13.9 Å². The highest BCUT2D eigenvalue weighted by Gasteiger charge is 2.33. The number of furan rings is 1. The summed E-state index contributed by atoms with van der Waals surface area (Å²) in [6, 6.07) is 8.65. The summed E-state index contributed by atoms with van der Waals surface area (Å²) in [5.74, 6) is -0.613. The molecule has 0 saturated carbocycles. The second kappa shape index (κ2) is 7.67. The molecule has 9 heteroatoms. The highest BCUT2D eigenvalue weighted by Crippen LogP contribution is 2.32. The number of carboxylic acids is 1. The lowest BCUT2D eigenvalue weighted by Crippen LogP contribution is -2.24. The molecule has 0 aliphatic carbocycles. The molecule has 0 bridgehead atoms. The van der Waals surface area contributed by atoms with Crippen molar-refractivity contribution in [2.45, 2.75) is 25.8 Å². The zero-order chi connectivity index (χ0) is 19.4. The summed E-state index contributed by atoms with van der Waals surface area (Å²) >= 11 is 0. The number of hydrogen-bond donors (Lipinski definition) is 1. The van der Waals surface area contributed by atoms with Crippen LogP contribution in [0, 0.1) is 0 Å². The van der Waals surface area contributed by atoms with Gasteiger partial charge in [-0.15, -0.1) is 0 Å². The molecule has 0 amide bonds. The van der Waals surface area contributed by atoms with Crippen molar-refractivity contribution in [2.75, 3.05) is 0 Å². The largest absolute Gasteiger partial charge is 0.476 e. The lowest BCUT2D eigenvalue weighted by Gasteiger charge is -2.22. The number of carbonyl (C=O) groups is 1. The summed E-state index contributed by atoms with van der Waals surface area (Å²) in [6.07, 6.45) is -2.02. The summed E-state index contributed by atoms with van der Waals surface area (Å²) in [5, 5.41) is 8.92. The van der Waals surface area contributed by atoms with Crippen LogP contribution in [0.5, 0.6) is 0 Å². The molecular weight excluding hydrogens is 365 g/mol. The van der Waals surface area contributed by atoms with Crippen LogP contribution >= 0.6 is 0 Å². The Labute approximate surface area is 151 Å². The molecule has 6 nitrogen and oxygen atoms in total. The number of nitrogens with zero attached hydrogens (tertiary/aromatic N) is 2. The monoisotopic (exact) mass is 380 g/mol. The molecule has 0 saturated heterocycles. The van der Waals surface area contributed by atoms with Gasteiger partial charge in [0.1, 0.15) is 12.0 Å². The molecule has 142 valence electrons. The van der Waals surface area contributed by atoms with Gasteiger partial charge in [0.05, 0.1) is 24.9 Å². The van der Waals surface area contributed by atoms with Crippen molar-refractivity contribution in [1.29, 1.82) is 0 Å². The fourth-order valence-electron chi connectivity index (χ4n) is 2.64. The van der Waals surface area contributed by atoms with Gasteiger partial charge in [-0.3, -0.25) is 4.90 Å². The number of carboxylic acid groups (broad SMARTS) is 1. The van der Waals surface area contributed by atoms with E-state index in [-0.39, 0.29) is 36.8 Å². The topological polar surface area (TPSA) is 79.7 Å². The third kappa shape index (κ3) is 4.76. The van der Waals surface area contributed by atoms with Crippen molar-refractivity contribution < 1.29 is 31.9 Å². The van der Waals surface area contributed by atoms with Crippen LogP contribution in [-0.4, -0.2) is 21.0 Å². The molecule has 0 spiro atoms. The summed E-state index contributed by atoms with van der Waals surface area (Å²) in [6.45, 7) is 0.158. The van der Waals surface area contributed by atoms with E-state index in [1.165, 1.54) is 24.5 Å². The van der Waals surface area contributed by atoms with Gasteiger partial charge in [0, 0.05) is 6.54 Å². The van der Waals surface area contributed by atoms with Crippen LogP contribution in [0.1, 0.15) is 33.3 Å². The van der Waals surface area contributed by atoms with E-state index in [0.29, 0.717) is 5.76 Å². The van der Waals surface area contributed by atoms with Crippen LogP contribution in [0.25, 0.3) is 0 Å². The Morgan fingerprint density at radius 2 is 1.85 bits per heavy atom. The van der Waals surface area contributed by atoms with Gasteiger partial charge in [-0.25, -0.2) is 9.78 Å². The van der Waals surface area contributed by atoms with E-state index in [0.717, 1.165) is 12.3 Å². The van der Waals surface area contributed by atoms with Gasteiger partial charge in [-0.05, 0) is 23.8 Å². The number of rotatable bonds is 7. The first-order valence-corrected chi connectivity index (χ1v) is 7.90. The minimum absolute atomic E-state index is 0.0141. The molecule has 3 rings (SSSR count). The van der Waals surface area contributed by atoms with Crippen LogP contribution in [0.4, 0.5) is 13.2 Å². The molecule has 0 atom stereocenters. The minimum Gasteiger partial charge on any atom is -0.476 e. The molecule has 3 aromatic rings. The van der Waals surface area contributed by atoms with Crippen LogP contribution in [0.2, 0.25) is 0 Å². The summed E-state index contributed by atoms with van der Waals surface area (Å²) < 4.78 is 50.2. The van der Waals surface area contributed by atoms with E-state index < -0.39 is 17.7 Å². The number of aromatic carboxylic acids is 1. The van der Waals surface area contributed by atoms with Gasteiger partial charge in [0.2, 0.25) is 5.89 Å².